The molecule has 0 aliphatic heterocycles. The quantitative estimate of drug-likeness (QED) is 0.698. The van der Waals surface area contributed by atoms with E-state index in [1.165, 1.54) is 4.90 Å². The summed E-state index contributed by atoms with van der Waals surface area (Å²) in [5.74, 6) is -0.117. The lowest BCUT2D eigenvalue weighted by molar-refractivity contribution is 0.0828. The number of hydrogen-bond acceptors (Lipinski definition) is 2. The van der Waals surface area contributed by atoms with Gasteiger partial charge in [-0.25, -0.2) is 0 Å². The Morgan fingerprint density at radius 3 is 2.54 bits per heavy atom. The van der Waals surface area contributed by atoms with Crippen LogP contribution in [-0.4, -0.2) is 24.9 Å². The first-order valence-corrected chi connectivity index (χ1v) is 4.17. The van der Waals surface area contributed by atoms with Crippen LogP contribution >= 0.6 is 11.6 Å². The van der Waals surface area contributed by atoms with Crippen LogP contribution in [0.3, 0.4) is 0 Å². The van der Waals surface area contributed by atoms with Gasteiger partial charge in [-0.15, -0.1) is 0 Å². The van der Waals surface area contributed by atoms with Gasteiger partial charge in [0.25, 0.3) is 5.91 Å². The number of carbonyl (C=O) groups is 1. The fourth-order valence-electron chi connectivity index (χ4n) is 0.969. The maximum atomic E-state index is 11.5. The average molecular weight is 199 g/mol. The number of nitrogen functional groups attached to an aromatic ring is 1. The molecule has 1 aromatic rings. The molecule has 4 heteroatoms. The van der Waals surface area contributed by atoms with E-state index in [9.17, 15) is 4.79 Å². The van der Waals surface area contributed by atoms with Gasteiger partial charge >= 0.3 is 0 Å². The van der Waals surface area contributed by atoms with E-state index in [2.05, 4.69) is 0 Å². The number of rotatable bonds is 1. The minimum Gasteiger partial charge on any atom is -0.398 e. The van der Waals surface area contributed by atoms with Gasteiger partial charge in [-0.05, 0) is 18.2 Å². The molecule has 0 atom stereocenters. The summed E-state index contributed by atoms with van der Waals surface area (Å²) in [6.45, 7) is 0. The predicted octanol–water partition coefficient (Wildman–Crippen LogP) is 1.62. The normalized spacial score (nSPS) is 9.77. The number of amides is 1. The molecular weight excluding hydrogens is 188 g/mol. The molecule has 2 N–H and O–H groups in total. The molecule has 0 radical (unpaired) electrons. The van der Waals surface area contributed by atoms with Crippen molar-refractivity contribution in [1.29, 1.82) is 0 Å². The number of anilines is 1. The number of carbonyl (C=O) groups excluding carboxylic acids is 1. The highest BCUT2D eigenvalue weighted by atomic mass is 35.5. The second-order valence-electron chi connectivity index (χ2n) is 2.93. The molecule has 0 aliphatic carbocycles. The van der Waals surface area contributed by atoms with E-state index in [0.717, 1.165) is 0 Å². The van der Waals surface area contributed by atoms with Crippen LogP contribution in [-0.2, 0) is 0 Å². The largest absolute Gasteiger partial charge is 0.398 e. The van der Waals surface area contributed by atoms with Crippen LogP contribution in [0.25, 0.3) is 0 Å². The molecule has 3 nitrogen and oxygen atoms in total. The van der Waals surface area contributed by atoms with Crippen molar-refractivity contribution in [3.63, 3.8) is 0 Å². The predicted molar refractivity (Wildman–Crippen MR) is 53.9 cm³/mol. The van der Waals surface area contributed by atoms with E-state index in [0.29, 0.717) is 16.3 Å². The minimum absolute atomic E-state index is 0.117. The maximum Gasteiger partial charge on any atom is 0.255 e. The van der Waals surface area contributed by atoms with Crippen LogP contribution in [0.15, 0.2) is 18.2 Å². The summed E-state index contributed by atoms with van der Waals surface area (Å²) < 4.78 is 0. The Bertz CT molecular complexity index is 336. The van der Waals surface area contributed by atoms with Crippen LogP contribution in [0.5, 0.6) is 0 Å². The molecule has 0 unspecified atom stereocenters. The SMILES string of the molecule is CN(C)C(=O)c1ccc(Cl)cc1N. The Hall–Kier alpha value is -1.22. The smallest absolute Gasteiger partial charge is 0.255 e. The fourth-order valence-corrected chi connectivity index (χ4v) is 1.15. The van der Waals surface area contributed by atoms with Gasteiger partial charge in [0.2, 0.25) is 0 Å². The molecule has 13 heavy (non-hydrogen) atoms. The summed E-state index contributed by atoms with van der Waals surface area (Å²) in [4.78, 5) is 13.0. The van der Waals surface area contributed by atoms with E-state index in [1.807, 2.05) is 0 Å². The zero-order valence-corrected chi connectivity index (χ0v) is 8.30. The van der Waals surface area contributed by atoms with Gasteiger partial charge in [0, 0.05) is 24.8 Å². The molecule has 0 bridgehead atoms. The molecule has 0 heterocycles. The van der Waals surface area contributed by atoms with E-state index in [-0.39, 0.29) is 5.91 Å². The highest BCUT2D eigenvalue weighted by molar-refractivity contribution is 6.31. The first kappa shape index (κ1) is 9.86. The van der Waals surface area contributed by atoms with E-state index >= 15 is 0 Å². The zero-order valence-electron chi connectivity index (χ0n) is 7.54. The molecule has 70 valence electrons. The molecule has 1 amide bonds. The van der Waals surface area contributed by atoms with Crippen molar-refractivity contribution in [1.82, 2.24) is 4.90 Å². The van der Waals surface area contributed by atoms with Crippen LogP contribution in [0, 0.1) is 0 Å². The first-order valence-electron chi connectivity index (χ1n) is 3.79. The molecule has 0 aromatic heterocycles. The summed E-state index contributed by atoms with van der Waals surface area (Å²) >= 11 is 5.70. The van der Waals surface area contributed by atoms with Gasteiger partial charge in [0.15, 0.2) is 0 Å². The van der Waals surface area contributed by atoms with E-state index in [4.69, 9.17) is 17.3 Å². The molecule has 1 rings (SSSR count). The lowest BCUT2D eigenvalue weighted by atomic mass is 10.1. The number of benzene rings is 1. The van der Waals surface area contributed by atoms with Crippen molar-refractivity contribution in [2.75, 3.05) is 19.8 Å². The Morgan fingerprint density at radius 1 is 1.46 bits per heavy atom. The Kier molecular flexibility index (Phi) is 2.78. The highest BCUT2D eigenvalue weighted by Gasteiger charge is 2.10. The average Bonchev–Trinajstić information content (AvgIpc) is 2.03. The fraction of sp³-hybridized carbons (Fsp3) is 0.222. The summed E-state index contributed by atoms with van der Waals surface area (Å²) in [7, 11) is 3.35. The summed E-state index contributed by atoms with van der Waals surface area (Å²) in [5.41, 5.74) is 6.52. The van der Waals surface area contributed by atoms with Crippen molar-refractivity contribution in [3.05, 3.63) is 28.8 Å². The highest BCUT2D eigenvalue weighted by Crippen LogP contribution is 2.18. The lowest BCUT2D eigenvalue weighted by Crippen LogP contribution is -2.22. The van der Waals surface area contributed by atoms with Crippen LogP contribution < -0.4 is 5.73 Å². The molecule has 0 fully saturated rings. The van der Waals surface area contributed by atoms with Gasteiger partial charge in [-0.3, -0.25) is 4.79 Å². The van der Waals surface area contributed by atoms with Gasteiger partial charge in [0.05, 0.1) is 5.56 Å². The van der Waals surface area contributed by atoms with Gasteiger partial charge in [-0.2, -0.15) is 0 Å². The van der Waals surface area contributed by atoms with Crippen LogP contribution in [0.1, 0.15) is 10.4 Å². The number of nitrogens with zero attached hydrogens (tertiary/aromatic N) is 1. The number of nitrogens with two attached hydrogens (primary N) is 1. The third-order valence-electron chi connectivity index (χ3n) is 1.65. The Labute approximate surface area is 82.1 Å². The number of halogens is 1. The van der Waals surface area contributed by atoms with Gasteiger partial charge in [-0.1, -0.05) is 11.6 Å². The second kappa shape index (κ2) is 3.66. The van der Waals surface area contributed by atoms with E-state index < -0.39 is 0 Å². The van der Waals surface area contributed by atoms with Crippen molar-refractivity contribution < 1.29 is 4.79 Å². The van der Waals surface area contributed by atoms with Crippen molar-refractivity contribution in [2.45, 2.75) is 0 Å². The van der Waals surface area contributed by atoms with Crippen molar-refractivity contribution in [3.8, 4) is 0 Å². The first-order chi connectivity index (χ1) is 6.02. The van der Waals surface area contributed by atoms with Gasteiger partial charge < -0.3 is 10.6 Å². The van der Waals surface area contributed by atoms with Gasteiger partial charge in [0.1, 0.15) is 0 Å². The second-order valence-corrected chi connectivity index (χ2v) is 3.37. The molecular formula is C9H11ClN2O. The summed E-state index contributed by atoms with van der Waals surface area (Å²) in [5, 5.41) is 0.535. The summed E-state index contributed by atoms with van der Waals surface area (Å²) in [6, 6.07) is 4.84. The number of hydrogen-bond donors (Lipinski definition) is 1. The third kappa shape index (κ3) is 2.12. The van der Waals surface area contributed by atoms with Crippen LogP contribution in [0.4, 0.5) is 5.69 Å². The van der Waals surface area contributed by atoms with Crippen molar-refractivity contribution in [2.24, 2.45) is 0 Å². The Balaban J connectivity index is 3.09. The monoisotopic (exact) mass is 198 g/mol. The Morgan fingerprint density at radius 2 is 2.08 bits per heavy atom. The lowest BCUT2D eigenvalue weighted by Gasteiger charge is -2.11. The standard InChI is InChI=1S/C9H11ClN2O/c1-12(2)9(13)7-4-3-6(10)5-8(7)11/h3-5H,11H2,1-2H3. The minimum atomic E-state index is -0.117. The van der Waals surface area contributed by atoms with Crippen molar-refractivity contribution >= 4 is 23.2 Å². The molecule has 0 aliphatic rings. The molecule has 0 spiro atoms. The topological polar surface area (TPSA) is 46.3 Å². The van der Waals surface area contributed by atoms with Crippen LogP contribution in [0.2, 0.25) is 5.02 Å². The van der Waals surface area contributed by atoms with E-state index in [1.54, 1.807) is 32.3 Å². The third-order valence-corrected chi connectivity index (χ3v) is 1.89. The molecule has 0 saturated heterocycles. The molecule has 1 aromatic carbocycles. The zero-order chi connectivity index (χ0) is 10.0. The maximum absolute atomic E-state index is 11.5. The molecule has 0 saturated carbocycles. The summed E-state index contributed by atoms with van der Waals surface area (Å²) in [6.07, 6.45) is 0.